The predicted molar refractivity (Wildman–Crippen MR) is 57.6 cm³/mol. The zero-order chi connectivity index (χ0) is 9.68. The van der Waals surface area contributed by atoms with Gasteiger partial charge in [0.2, 0.25) is 5.95 Å². The normalized spacial score (nSPS) is 12.5. The summed E-state index contributed by atoms with van der Waals surface area (Å²) in [7, 11) is 0. The third kappa shape index (κ3) is 3.83. The van der Waals surface area contributed by atoms with Crippen LogP contribution < -0.4 is 5.32 Å². The Morgan fingerprint density at radius 1 is 1.69 bits per heavy atom. The van der Waals surface area contributed by atoms with E-state index >= 15 is 0 Å². The quantitative estimate of drug-likeness (QED) is 0.477. The second-order valence-electron chi connectivity index (χ2n) is 2.58. The van der Waals surface area contributed by atoms with Crippen molar-refractivity contribution in [1.29, 1.82) is 0 Å². The van der Waals surface area contributed by atoms with Crippen molar-refractivity contribution in [2.45, 2.75) is 17.3 Å². The molecule has 0 aliphatic rings. The highest BCUT2D eigenvalue weighted by Crippen LogP contribution is 2.11. The van der Waals surface area contributed by atoms with Crippen LogP contribution in [0.15, 0.2) is 17.3 Å². The average molecular weight is 218 g/mol. The van der Waals surface area contributed by atoms with Crippen LogP contribution in [-0.2, 0) is 0 Å². The Balaban J connectivity index is 2.56. The fourth-order valence-electron chi connectivity index (χ4n) is 0.773. The molecular formula is C8H12ClN3S. The first kappa shape index (κ1) is 10.6. The lowest BCUT2D eigenvalue weighted by Gasteiger charge is -2.05. The van der Waals surface area contributed by atoms with E-state index in [4.69, 9.17) is 11.6 Å². The summed E-state index contributed by atoms with van der Waals surface area (Å²) in [5, 5.41) is 4.09. The molecule has 1 unspecified atom stereocenters. The summed E-state index contributed by atoms with van der Waals surface area (Å²) in [5.74, 6) is 0.638. The summed E-state index contributed by atoms with van der Waals surface area (Å²) < 4.78 is 0. The second-order valence-corrected chi connectivity index (χ2v) is 4.16. The van der Waals surface area contributed by atoms with Crippen LogP contribution in [0.5, 0.6) is 0 Å². The molecule has 3 nitrogen and oxygen atoms in total. The maximum absolute atomic E-state index is 5.78. The first-order valence-corrected chi connectivity index (χ1v) is 5.63. The molecule has 0 bridgehead atoms. The second kappa shape index (κ2) is 5.29. The largest absolute Gasteiger partial charge is 0.353 e. The molecule has 1 aromatic rings. The first-order chi connectivity index (χ1) is 6.22. The molecule has 0 fully saturated rings. The van der Waals surface area contributed by atoms with E-state index in [0.717, 1.165) is 5.03 Å². The number of aromatic nitrogens is 2. The zero-order valence-electron chi connectivity index (χ0n) is 7.62. The molecule has 1 N–H and O–H groups in total. The van der Waals surface area contributed by atoms with Crippen LogP contribution in [0.2, 0.25) is 0 Å². The molecule has 13 heavy (non-hydrogen) atoms. The van der Waals surface area contributed by atoms with Crippen molar-refractivity contribution >= 4 is 29.3 Å². The Morgan fingerprint density at radius 2 is 2.46 bits per heavy atom. The molecule has 1 rings (SSSR count). The molecular weight excluding hydrogens is 206 g/mol. The van der Waals surface area contributed by atoms with E-state index in [1.807, 2.05) is 19.2 Å². The fraction of sp³-hybridized carbons (Fsp3) is 0.500. The molecule has 1 aromatic heterocycles. The van der Waals surface area contributed by atoms with Gasteiger partial charge in [0.25, 0.3) is 0 Å². The Labute approximate surface area is 87.3 Å². The summed E-state index contributed by atoms with van der Waals surface area (Å²) >= 11 is 7.37. The number of thioether (sulfide) groups is 1. The predicted octanol–water partition coefficient (Wildman–Crippen LogP) is 2.24. The van der Waals surface area contributed by atoms with Crippen LogP contribution in [0.4, 0.5) is 5.95 Å². The van der Waals surface area contributed by atoms with Crippen molar-refractivity contribution in [1.82, 2.24) is 9.97 Å². The highest BCUT2D eigenvalue weighted by atomic mass is 35.5. The summed E-state index contributed by atoms with van der Waals surface area (Å²) in [5.41, 5.74) is 0. The van der Waals surface area contributed by atoms with Crippen molar-refractivity contribution in [2.24, 2.45) is 0 Å². The molecule has 72 valence electrons. The Bertz CT molecular complexity index is 267. The van der Waals surface area contributed by atoms with Crippen LogP contribution in [0.25, 0.3) is 0 Å². The number of nitrogens with zero attached hydrogens (tertiary/aromatic N) is 2. The average Bonchev–Trinajstić information content (AvgIpc) is 2.15. The van der Waals surface area contributed by atoms with E-state index in [9.17, 15) is 0 Å². The summed E-state index contributed by atoms with van der Waals surface area (Å²) in [6.07, 6.45) is 3.72. The third-order valence-electron chi connectivity index (χ3n) is 1.38. The smallest absolute Gasteiger partial charge is 0.223 e. The van der Waals surface area contributed by atoms with E-state index in [1.54, 1.807) is 18.0 Å². The number of nitrogens with one attached hydrogen (secondary N) is 1. The maximum Gasteiger partial charge on any atom is 0.223 e. The summed E-state index contributed by atoms with van der Waals surface area (Å²) in [6.45, 7) is 2.60. The van der Waals surface area contributed by atoms with Crippen LogP contribution in [0.1, 0.15) is 6.92 Å². The van der Waals surface area contributed by atoms with Gasteiger partial charge in [-0.2, -0.15) is 0 Å². The van der Waals surface area contributed by atoms with E-state index < -0.39 is 0 Å². The van der Waals surface area contributed by atoms with Gasteiger partial charge in [-0.05, 0) is 19.2 Å². The van der Waals surface area contributed by atoms with E-state index in [1.165, 1.54) is 0 Å². The minimum Gasteiger partial charge on any atom is -0.353 e. The Kier molecular flexibility index (Phi) is 4.32. The molecule has 0 saturated carbocycles. The number of hydrogen-bond donors (Lipinski definition) is 1. The highest BCUT2D eigenvalue weighted by molar-refractivity contribution is 7.98. The van der Waals surface area contributed by atoms with E-state index in [2.05, 4.69) is 15.3 Å². The number of halogens is 1. The Hall–Kier alpha value is -0.480. The van der Waals surface area contributed by atoms with Crippen molar-refractivity contribution in [3.05, 3.63) is 12.3 Å². The van der Waals surface area contributed by atoms with Gasteiger partial charge < -0.3 is 5.32 Å². The summed E-state index contributed by atoms with van der Waals surface area (Å²) in [4.78, 5) is 8.31. The van der Waals surface area contributed by atoms with Gasteiger partial charge in [-0.25, -0.2) is 9.97 Å². The lowest BCUT2D eigenvalue weighted by atomic mass is 10.5. The van der Waals surface area contributed by atoms with E-state index in [0.29, 0.717) is 12.5 Å². The maximum atomic E-state index is 5.78. The van der Waals surface area contributed by atoms with Gasteiger partial charge in [0, 0.05) is 18.1 Å². The van der Waals surface area contributed by atoms with Gasteiger partial charge in [0.15, 0.2) is 0 Å². The van der Waals surface area contributed by atoms with Crippen LogP contribution >= 0.6 is 23.4 Å². The minimum atomic E-state index is 0.0848. The van der Waals surface area contributed by atoms with Crippen LogP contribution in [-0.4, -0.2) is 28.1 Å². The molecule has 1 atom stereocenters. The summed E-state index contributed by atoms with van der Waals surface area (Å²) in [6, 6.07) is 1.87. The highest BCUT2D eigenvalue weighted by Gasteiger charge is 1.99. The van der Waals surface area contributed by atoms with Crippen LogP contribution in [0, 0.1) is 0 Å². The minimum absolute atomic E-state index is 0.0848. The topological polar surface area (TPSA) is 37.8 Å². The third-order valence-corrected chi connectivity index (χ3v) is 2.18. The molecule has 0 saturated heterocycles. The lowest BCUT2D eigenvalue weighted by molar-refractivity contribution is 0.942. The van der Waals surface area contributed by atoms with Crippen molar-refractivity contribution in [2.75, 3.05) is 18.1 Å². The lowest BCUT2D eigenvalue weighted by Crippen LogP contribution is -2.12. The van der Waals surface area contributed by atoms with Crippen molar-refractivity contribution in [3.63, 3.8) is 0 Å². The molecule has 0 aromatic carbocycles. The molecule has 0 spiro atoms. The van der Waals surface area contributed by atoms with E-state index in [-0.39, 0.29) is 5.38 Å². The first-order valence-electron chi connectivity index (χ1n) is 3.97. The van der Waals surface area contributed by atoms with Gasteiger partial charge in [-0.1, -0.05) is 0 Å². The van der Waals surface area contributed by atoms with Crippen molar-refractivity contribution in [3.8, 4) is 0 Å². The standard InChI is InChI=1S/C8H12ClN3S/c1-6(9)5-11-8-10-4-3-7(12-8)13-2/h3-4,6H,5H2,1-2H3,(H,10,11,12). The van der Waals surface area contributed by atoms with Crippen LogP contribution in [0.3, 0.4) is 0 Å². The number of alkyl halides is 1. The SMILES string of the molecule is CSc1ccnc(NCC(C)Cl)n1. The van der Waals surface area contributed by atoms with Gasteiger partial charge in [0.05, 0.1) is 0 Å². The monoisotopic (exact) mass is 217 g/mol. The molecule has 5 heteroatoms. The number of hydrogen-bond acceptors (Lipinski definition) is 4. The fourth-order valence-corrected chi connectivity index (χ4v) is 1.22. The molecule has 1 heterocycles. The zero-order valence-corrected chi connectivity index (χ0v) is 9.19. The van der Waals surface area contributed by atoms with Gasteiger partial charge in [0.1, 0.15) is 5.03 Å². The number of rotatable bonds is 4. The van der Waals surface area contributed by atoms with Gasteiger partial charge in [-0.3, -0.25) is 0 Å². The number of anilines is 1. The van der Waals surface area contributed by atoms with Gasteiger partial charge in [-0.15, -0.1) is 23.4 Å². The molecule has 0 amide bonds. The molecule has 0 radical (unpaired) electrons. The molecule has 0 aliphatic heterocycles. The van der Waals surface area contributed by atoms with Crippen molar-refractivity contribution < 1.29 is 0 Å². The Morgan fingerprint density at radius 3 is 3.08 bits per heavy atom. The van der Waals surface area contributed by atoms with Gasteiger partial charge >= 0.3 is 0 Å². The molecule has 0 aliphatic carbocycles.